The van der Waals surface area contributed by atoms with Gasteiger partial charge in [0.05, 0.1) is 31.0 Å². The average molecular weight is 798 g/mol. The molecule has 0 aromatic heterocycles. The molecule has 304 valence electrons. The summed E-state index contributed by atoms with van der Waals surface area (Å²) in [4.78, 5) is 50.3. The number of esters is 1. The number of nitrogens with zero attached hydrogens (tertiary/aromatic N) is 2. The second-order valence-electron chi connectivity index (χ2n) is 11.7. The van der Waals surface area contributed by atoms with Gasteiger partial charge in [-0.25, -0.2) is 14.4 Å². The number of benzene rings is 5. The third-order valence-corrected chi connectivity index (χ3v) is 7.55. The molecule has 16 nitrogen and oxygen atoms in total. The van der Waals surface area contributed by atoms with Crippen LogP contribution in [0, 0.1) is 0 Å². The van der Waals surface area contributed by atoms with E-state index in [0.717, 1.165) is 11.1 Å². The summed E-state index contributed by atoms with van der Waals surface area (Å²) in [5.41, 5.74) is 4.41. The minimum absolute atomic E-state index is 0. The van der Waals surface area contributed by atoms with E-state index in [-0.39, 0.29) is 68.2 Å². The normalized spacial score (nSPS) is 9.67. The quantitative estimate of drug-likeness (QED) is 0.0273. The molecule has 0 aliphatic carbocycles. The first-order valence-electron chi connectivity index (χ1n) is 17.0. The molecule has 0 aliphatic heterocycles. The van der Waals surface area contributed by atoms with Crippen LogP contribution in [0.25, 0.3) is 0 Å². The second kappa shape index (κ2) is 24.7. The van der Waals surface area contributed by atoms with Gasteiger partial charge in [0.25, 0.3) is 0 Å². The number of phenols is 6. The van der Waals surface area contributed by atoms with Crippen LogP contribution in [0.2, 0.25) is 0 Å². The lowest BCUT2D eigenvalue weighted by atomic mass is 10.1. The largest absolute Gasteiger partial charge is 0.504 e. The van der Waals surface area contributed by atoms with Crippen molar-refractivity contribution in [1.29, 1.82) is 0 Å². The van der Waals surface area contributed by atoms with Crippen molar-refractivity contribution < 1.29 is 64.4 Å². The van der Waals surface area contributed by atoms with E-state index in [1.54, 1.807) is 66.7 Å². The molecule has 0 spiro atoms. The summed E-state index contributed by atoms with van der Waals surface area (Å²) < 4.78 is 10.3. The van der Waals surface area contributed by atoms with Gasteiger partial charge >= 0.3 is 12.1 Å². The summed E-state index contributed by atoms with van der Waals surface area (Å²) in [6.45, 7) is 0.270. The van der Waals surface area contributed by atoms with Crippen molar-refractivity contribution in [2.24, 2.45) is 9.98 Å². The van der Waals surface area contributed by atoms with E-state index in [2.05, 4.69) is 15.3 Å². The number of carbonyl (C=O) groups is 2. The number of anilines is 1. The third-order valence-electron chi connectivity index (χ3n) is 7.55. The van der Waals surface area contributed by atoms with Crippen LogP contribution in [-0.2, 0) is 49.5 Å². The molecule has 5 aromatic rings. The fourth-order valence-corrected chi connectivity index (χ4v) is 4.63. The fraction of sp³-hybridized carbons (Fsp3) is 0.190. The van der Waals surface area contributed by atoms with Crippen molar-refractivity contribution in [2.75, 3.05) is 25.1 Å². The third kappa shape index (κ3) is 16.8. The second-order valence-corrected chi connectivity index (χ2v) is 11.7. The van der Waals surface area contributed by atoms with E-state index in [0.29, 0.717) is 47.5 Å². The van der Waals surface area contributed by atoms with Crippen LogP contribution in [0.3, 0.4) is 0 Å². The number of rotatable bonds is 13. The molecule has 0 saturated carbocycles. The molecule has 8 N–H and O–H groups in total. The van der Waals surface area contributed by atoms with Crippen LogP contribution in [0.5, 0.6) is 34.5 Å². The minimum Gasteiger partial charge on any atom is -0.504 e. The van der Waals surface area contributed by atoms with E-state index in [9.17, 15) is 39.6 Å². The van der Waals surface area contributed by atoms with Gasteiger partial charge in [0.2, 0.25) is 12.2 Å². The summed E-state index contributed by atoms with van der Waals surface area (Å²) >= 11 is 0. The Morgan fingerprint density at radius 3 is 1.33 bits per heavy atom. The number of aliphatic hydroxyl groups excluding tert-OH is 1. The highest BCUT2D eigenvalue weighted by molar-refractivity contribution is 5.84. The summed E-state index contributed by atoms with van der Waals surface area (Å²) in [7, 11) is 0. The molecule has 1 amide bonds. The van der Waals surface area contributed by atoms with E-state index < -0.39 is 12.1 Å². The van der Waals surface area contributed by atoms with Crippen molar-refractivity contribution in [2.45, 2.75) is 33.1 Å². The SMILES string of the molecule is C.O=C(Cc1ccc(NC(=O)OCCc2ccc(O)c(O)c2)cc1)OCCc1ccc(O)c(O)c1.O=C=Nc1ccc(N=C=O)cc1.OCCc1ccc(O)c(O)c1. The standard InChI is InChI=1S/C25H25NO8.C8H4N2O2.C8H10O3.CH4/c27-20-7-3-17(13-22(20)29)9-11-33-24(31)15-16-1-5-19(6-2-16)26-25(32)34-12-10-18-4-8-21(28)23(30)14-18;11-5-9-7-1-2-8(4-3-7)10-6-12;9-4-3-6-1-2-7(10)8(11)5-6;/h1-8,13-14,27-30H,9-12,15H2,(H,26,32);1-4H;1-2,5,9-11H,3-4H2;1H4. The first-order chi connectivity index (χ1) is 27.4. The van der Waals surface area contributed by atoms with Crippen LogP contribution in [0.15, 0.2) is 113 Å². The number of hydrogen-bond acceptors (Lipinski definition) is 15. The highest BCUT2D eigenvalue weighted by Crippen LogP contribution is 2.27. The summed E-state index contributed by atoms with van der Waals surface area (Å²) in [6.07, 6.45) is 3.49. The Morgan fingerprint density at radius 1 is 0.534 bits per heavy atom. The molecule has 5 aromatic carbocycles. The highest BCUT2D eigenvalue weighted by Gasteiger charge is 2.09. The maximum absolute atomic E-state index is 12.0. The van der Waals surface area contributed by atoms with Crippen LogP contribution in [0.4, 0.5) is 21.9 Å². The van der Waals surface area contributed by atoms with E-state index in [4.69, 9.17) is 24.8 Å². The monoisotopic (exact) mass is 797 g/mol. The summed E-state index contributed by atoms with van der Waals surface area (Å²) in [5.74, 6) is -1.56. The Bertz CT molecular complexity index is 2050. The molecule has 0 fully saturated rings. The van der Waals surface area contributed by atoms with Crippen molar-refractivity contribution in [3.8, 4) is 34.5 Å². The highest BCUT2D eigenvalue weighted by atomic mass is 16.5. The zero-order chi connectivity index (χ0) is 41.6. The van der Waals surface area contributed by atoms with Gasteiger partial charge in [0, 0.05) is 25.1 Å². The topological polar surface area (TPSA) is 265 Å². The number of amides is 1. The number of isocyanates is 2. The number of aliphatic hydroxyl groups is 1. The molecule has 0 saturated heterocycles. The average Bonchev–Trinajstić information content (AvgIpc) is 3.18. The molecule has 0 heterocycles. The number of aliphatic imine (C=N–C) groups is 2. The molecule has 0 bridgehead atoms. The van der Waals surface area contributed by atoms with Gasteiger partial charge in [-0.15, -0.1) is 0 Å². The minimum atomic E-state index is -0.643. The molecule has 16 heteroatoms. The van der Waals surface area contributed by atoms with Crippen LogP contribution in [0.1, 0.15) is 29.7 Å². The van der Waals surface area contributed by atoms with Crippen molar-refractivity contribution in [3.63, 3.8) is 0 Å². The van der Waals surface area contributed by atoms with E-state index >= 15 is 0 Å². The zero-order valence-electron chi connectivity index (χ0n) is 30.2. The van der Waals surface area contributed by atoms with Crippen molar-refractivity contribution >= 4 is 41.3 Å². The summed E-state index contributed by atoms with van der Waals surface area (Å²) in [5, 5.41) is 66.6. The summed E-state index contributed by atoms with van der Waals surface area (Å²) in [6, 6.07) is 26.2. The molecule has 0 radical (unpaired) electrons. The first-order valence-corrected chi connectivity index (χ1v) is 17.0. The lowest BCUT2D eigenvalue weighted by Gasteiger charge is -2.09. The number of nitrogens with one attached hydrogen (secondary N) is 1. The lowest BCUT2D eigenvalue weighted by Crippen LogP contribution is -2.15. The van der Waals surface area contributed by atoms with Gasteiger partial charge in [0.1, 0.15) is 0 Å². The van der Waals surface area contributed by atoms with Crippen LogP contribution < -0.4 is 5.32 Å². The smallest absolute Gasteiger partial charge is 0.411 e. The molecular formula is C42H43N3O13. The van der Waals surface area contributed by atoms with Gasteiger partial charge < -0.3 is 45.2 Å². The Balaban J connectivity index is 0.000000392. The lowest BCUT2D eigenvalue weighted by molar-refractivity contribution is -0.142. The maximum Gasteiger partial charge on any atom is 0.411 e. The number of ether oxygens (including phenoxy) is 2. The zero-order valence-corrected chi connectivity index (χ0v) is 30.2. The van der Waals surface area contributed by atoms with Gasteiger partial charge in [-0.05, 0) is 101 Å². The Hall–Kier alpha value is -7.64. The number of carbonyl (C=O) groups excluding carboxylic acids is 4. The van der Waals surface area contributed by atoms with Gasteiger partial charge in [-0.2, -0.15) is 9.98 Å². The molecule has 0 atom stereocenters. The Labute approximate surface area is 333 Å². The van der Waals surface area contributed by atoms with Crippen LogP contribution >= 0.6 is 0 Å². The molecule has 5 rings (SSSR count). The molecular weight excluding hydrogens is 754 g/mol. The fourth-order valence-electron chi connectivity index (χ4n) is 4.63. The van der Waals surface area contributed by atoms with E-state index in [1.807, 2.05) is 0 Å². The van der Waals surface area contributed by atoms with Gasteiger partial charge in [0.15, 0.2) is 34.5 Å². The first kappa shape index (κ1) is 46.5. The van der Waals surface area contributed by atoms with Gasteiger partial charge in [-0.3, -0.25) is 10.1 Å². The maximum atomic E-state index is 12.0. The predicted octanol–water partition coefficient (Wildman–Crippen LogP) is 6.52. The number of phenolic OH excluding ortho intramolecular Hbond substituents is 6. The molecule has 0 aliphatic rings. The van der Waals surface area contributed by atoms with Crippen molar-refractivity contribution in [1.82, 2.24) is 0 Å². The molecule has 58 heavy (non-hydrogen) atoms. The Kier molecular flexibility index (Phi) is 19.8. The predicted molar refractivity (Wildman–Crippen MR) is 212 cm³/mol. The van der Waals surface area contributed by atoms with Crippen LogP contribution in [-0.4, -0.2) is 79.8 Å². The molecule has 0 unspecified atom stereocenters. The number of hydrogen-bond donors (Lipinski definition) is 8. The number of aromatic hydroxyl groups is 6. The van der Waals surface area contributed by atoms with Gasteiger partial charge in [-0.1, -0.05) is 37.8 Å². The van der Waals surface area contributed by atoms with Crippen molar-refractivity contribution in [3.05, 3.63) is 125 Å². The Morgan fingerprint density at radius 2 is 0.931 bits per heavy atom. The van der Waals surface area contributed by atoms with E-state index in [1.165, 1.54) is 48.6 Å².